The fourth-order valence-corrected chi connectivity index (χ4v) is 15.1. The van der Waals surface area contributed by atoms with Crippen LogP contribution in [0.25, 0.3) is 22.8 Å². The molecule has 3 fully saturated rings. The minimum Gasteiger partial charge on any atom is -1.00 e. The molecule has 0 amide bonds. The quantitative estimate of drug-likeness (QED) is 0.140. The van der Waals surface area contributed by atoms with Crippen LogP contribution in [0.2, 0.25) is 0 Å². The van der Waals surface area contributed by atoms with E-state index in [1.54, 1.807) is 77.0 Å². The molecule has 3 aliphatic carbocycles. The maximum absolute atomic E-state index is 5.12. The molecule has 52 heavy (non-hydrogen) atoms. The van der Waals surface area contributed by atoms with Crippen LogP contribution in [0.3, 0.4) is 0 Å². The Morgan fingerprint density at radius 3 is 1.37 bits per heavy atom. The van der Waals surface area contributed by atoms with Gasteiger partial charge in [-0.15, -0.1) is 0 Å². The van der Waals surface area contributed by atoms with Crippen LogP contribution in [-0.4, -0.2) is 35.9 Å². The van der Waals surface area contributed by atoms with E-state index in [4.69, 9.17) is 5.10 Å². The molecule has 8 rings (SSSR count). The Bertz CT molecular complexity index is 1800. The minimum absolute atomic E-state index is 0. The molecular weight excluding hydrogens is 785 g/mol. The van der Waals surface area contributed by atoms with E-state index in [1.165, 1.54) is 45.8 Å². The molecule has 276 valence electrons. The first-order chi connectivity index (χ1) is 24.8. The molecular formula is C45H54Cl2N3PRu. The molecule has 7 heteroatoms. The topological polar surface area (TPSA) is 22.8 Å². The van der Waals surface area contributed by atoms with E-state index < -0.39 is 0 Å². The third-order valence-electron chi connectivity index (χ3n) is 10.9. The molecule has 0 unspecified atom stereocenters. The van der Waals surface area contributed by atoms with Crippen molar-refractivity contribution < 1.29 is 41.0 Å². The molecule has 3 aliphatic rings. The third kappa shape index (κ3) is 10.6. The summed E-state index contributed by atoms with van der Waals surface area (Å²) < 4.78 is 7.94. The second-order valence-electron chi connectivity index (χ2n) is 14.3. The first kappa shape index (κ1) is 40.7. The number of hydrogen-bond acceptors (Lipinski definition) is 1. The number of hydrogen-bond donors (Lipinski definition) is 0. The SMILES string of the molecule is C1CCC(P(C2CCCCC2)C2CCCCC2)CC1.[CH](=[Ru+2]=[c]1n(-c2ccccc2)nc(-c2ccccc2)n1-c1ccccc1)c1ccccc1.[Cl-].[Cl-]. The van der Waals surface area contributed by atoms with Crippen LogP contribution in [0.1, 0.15) is 102 Å². The molecule has 4 aromatic carbocycles. The fraction of sp³-hybridized carbons (Fsp3) is 0.400. The van der Waals surface area contributed by atoms with Gasteiger partial charge < -0.3 is 24.8 Å². The van der Waals surface area contributed by atoms with Crippen molar-refractivity contribution in [1.29, 1.82) is 0 Å². The average Bonchev–Trinajstić information content (AvgIpc) is 3.60. The van der Waals surface area contributed by atoms with E-state index in [2.05, 4.69) is 123 Å². The van der Waals surface area contributed by atoms with Gasteiger partial charge in [0.1, 0.15) is 0 Å². The summed E-state index contributed by atoms with van der Waals surface area (Å²) in [6.45, 7) is 0. The largest absolute Gasteiger partial charge is 1.00 e. The Kier molecular flexibility index (Phi) is 16.8. The second-order valence-corrected chi connectivity index (χ2v) is 19.2. The van der Waals surface area contributed by atoms with Gasteiger partial charge in [-0.25, -0.2) is 0 Å². The van der Waals surface area contributed by atoms with Crippen LogP contribution in [-0.2, 0) is 16.2 Å². The van der Waals surface area contributed by atoms with Crippen molar-refractivity contribution >= 4 is 12.5 Å². The molecule has 0 aliphatic heterocycles. The summed E-state index contributed by atoms with van der Waals surface area (Å²) in [5.41, 5.74) is 8.10. The van der Waals surface area contributed by atoms with Gasteiger partial charge in [0.25, 0.3) is 0 Å². The Morgan fingerprint density at radius 1 is 0.500 bits per heavy atom. The summed E-state index contributed by atoms with van der Waals surface area (Å²) in [7, 11) is 0.385. The first-order valence-electron chi connectivity index (χ1n) is 19.3. The summed E-state index contributed by atoms with van der Waals surface area (Å²) in [5.74, 6) is 0.946. The zero-order chi connectivity index (χ0) is 33.8. The van der Waals surface area contributed by atoms with Gasteiger partial charge in [0.05, 0.1) is 0 Å². The van der Waals surface area contributed by atoms with Crippen molar-refractivity contribution in [3.05, 3.63) is 131 Å². The Labute approximate surface area is 332 Å². The zero-order valence-electron chi connectivity index (χ0n) is 30.4. The molecule has 0 radical (unpaired) electrons. The summed E-state index contributed by atoms with van der Waals surface area (Å²) in [6, 6.07) is 41.9. The Morgan fingerprint density at radius 2 is 0.904 bits per heavy atom. The zero-order valence-corrected chi connectivity index (χ0v) is 34.5. The maximum atomic E-state index is 5.12. The molecule has 1 aromatic heterocycles. The van der Waals surface area contributed by atoms with Crippen LogP contribution in [0.5, 0.6) is 0 Å². The molecule has 5 aromatic rings. The summed E-state index contributed by atoms with van der Waals surface area (Å²) in [5, 5.41) is 5.12. The molecule has 3 nitrogen and oxygen atoms in total. The maximum Gasteiger partial charge on any atom is -1.00 e. The van der Waals surface area contributed by atoms with Gasteiger partial charge >= 0.3 is 189 Å². The molecule has 0 atom stereocenters. The van der Waals surface area contributed by atoms with Gasteiger partial charge in [-0.2, -0.15) is 0 Å². The van der Waals surface area contributed by atoms with Crippen molar-refractivity contribution in [3.8, 4) is 22.8 Å². The number of para-hydroxylation sites is 2. The van der Waals surface area contributed by atoms with Gasteiger partial charge in [0.15, 0.2) is 0 Å². The van der Waals surface area contributed by atoms with Gasteiger partial charge in [-0.05, 0) is 55.5 Å². The summed E-state index contributed by atoms with van der Waals surface area (Å²) >= 11 is -0.257. The Hall–Kier alpha value is -2.48. The van der Waals surface area contributed by atoms with Crippen molar-refractivity contribution in [1.82, 2.24) is 14.3 Å². The normalized spacial score (nSPS) is 16.9. The average molecular weight is 840 g/mol. The summed E-state index contributed by atoms with van der Waals surface area (Å²) in [6.07, 6.45) is 23.6. The van der Waals surface area contributed by atoms with Crippen LogP contribution in [0.15, 0.2) is 121 Å². The second kappa shape index (κ2) is 21.4. The molecule has 0 bridgehead atoms. The predicted molar refractivity (Wildman–Crippen MR) is 211 cm³/mol. The van der Waals surface area contributed by atoms with Crippen molar-refractivity contribution in [2.75, 3.05) is 0 Å². The first-order valence-corrected chi connectivity index (χ1v) is 22.7. The smallest absolute Gasteiger partial charge is 1.00 e. The molecule has 0 spiro atoms. The number of halogens is 2. The number of rotatable bonds is 7. The van der Waals surface area contributed by atoms with E-state index in [-0.39, 0.29) is 41.0 Å². The van der Waals surface area contributed by atoms with E-state index >= 15 is 0 Å². The van der Waals surface area contributed by atoms with Crippen molar-refractivity contribution in [2.45, 2.75) is 113 Å². The van der Waals surface area contributed by atoms with Crippen molar-refractivity contribution in [2.24, 2.45) is 0 Å². The third-order valence-corrected chi connectivity index (χ3v) is 17.0. The van der Waals surface area contributed by atoms with Gasteiger partial charge in [-0.3, -0.25) is 0 Å². The van der Waals surface area contributed by atoms with Crippen LogP contribution in [0.4, 0.5) is 0 Å². The number of nitrogens with zero attached hydrogens (tertiary/aromatic N) is 3. The van der Waals surface area contributed by atoms with E-state index in [9.17, 15) is 0 Å². The molecule has 0 N–H and O–H groups in total. The van der Waals surface area contributed by atoms with Crippen LogP contribution in [0, 0.1) is 4.01 Å². The van der Waals surface area contributed by atoms with Gasteiger partial charge in [0, 0.05) is 0 Å². The summed E-state index contributed by atoms with van der Waals surface area (Å²) in [4.78, 5) is 0. The van der Waals surface area contributed by atoms with Crippen molar-refractivity contribution in [3.63, 3.8) is 0 Å². The molecule has 3 saturated carbocycles. The van der Waals surface area contributed by atoms with Gasteiger partial charge in [-0.1, -0.05) is 65.7 Å². The number of aromatic nitrogens is 3. The number of benzene rings is 4. The van der Waals surface area contributed by atoms with Crippen LogP contribution >= 0.6 is 7.92 Å². The fourth-order valence-electron chi connectivity index (χ4n) is 8.41. The molecule has 0 saturated heterocycles. The van der Waals surface area contributed by atoms with E-state index in [1.807, 2.05) is 12.1 Å². The monoisotopic (exact) mass is 839 g/mol. The minimum atomic E-state index is -0.257. The molecule has 1 heterocycles. The Balaban J connectivity index is 0.000000215. The predicted octanol–water partition coefficient (Wildman–Crippen LogP) is 6.27. The van der Waals surface area contributed by atoms with Gasteiger partial charge in [0.2, 0.25) is 0 Å². The van der Waals surface area contributed by atoms with E-state index in [0.717, 1.165) is 22.8 Å². The standard InChI is InChI=1S/C20H15N3.C18H33P.C7H6.2ClH.Ru/c1-4-10-17(11-5-1)20-21-23(19-14-8-3-9-15-19)16-22(20)18-12-6-2-7-13-18;1-4-10-16(11-5-1)19(17-12-6-2-7-13-17)18-14-8-3-9-15-18;1-7-5-3-2-4-6-7;;;/h1-15H;16-18H,1-15H2;1-6H;2*1H;/q;;;;;+2/p-2. The van der Waals surface area contributed by atoms with Crippen LogP contribution < -0.4 is 24.8 Å². The van der Waals surface area contributed by atoms with E-state index in [0.29, 0.717) is 7.92 Å².